The van der Waals surface area contributed by atoms with E-state index in [0.717, 1.165) is 10.2 Å². The van der Waals surface area contributed by atoms with Gasteiger partial charge >= 0.3 is 0 Å². The van der Waals surface area contributed by atoms with Crippen LogP contribution in [0.3, 0.4) is 0 Å². The third-order valence-corrected chi connectivity index (χ3v) is 2.56. The molecular weight excluding hydrogens is 282 g/mol. The Balaban J connectivity index is 2.19. The number of halogens is 1. The smallest absolute Gasteiger partial charge is 0.120 e. The first-order chi connectivity index (χ1) is 8.22. The second kappa shape index (κ2) is 8.13. The number of ether oxygens (including phenoxy) is 1. The van der Waals surface area contributed by atoms with E-state index in [-0.39, 0.29) is 6.61 Å². The van der Waals surface area contributed by atoms with Crippen LogP contribution in [0, 0.1) is 12.3 Å². The molecule has 2 N–H and O–H groups in total. The second-order valence-corrected chi connectivity index (χ2v) is 4.50. The summed E-state index contributed by atoms with van der Waals surface area (Å²) in [6, 6.07) is 7.52. The van der Waals surface area contributed by atoms with Crippen LogP contribution in [0.5, 0.6) is 5.75 Å². The highest BCUT2D eigenvalue weighted by Gasteiger charge is 2.04. The molecule has 0 amide bonds. The van der Waals surface area contributed by atoms with E-state index in [1.165, 1.54) is 0 Å². The SMILES string of the molecule is C#CCCNCC(O)COc1cccc(Br)c1. The summed E-state index contributed by atoms with van der Waals surface area (Å²) in [6.07, 6.45) is 5.24. The minimum atomic E-state index is -0.535. The molecule has 0 heterocycles. The van der Waals surface area contributed by atoms with Crippen molar-refractivity contribution in [3.05, 3.63) is 28.7 Å². The zero-order valence-corrected chi connectivity index (χ0v) is 11.1. The molecule has 0 aliphatic carbocycles. The van der Waals surface area contributed by atoms with Gasteiger partial charge in [-0.15, -0.1) is 12.3 Å². The van der Waals surface area contributed by atoms with Gasteiger partial charge in [-0.2, -0.15) is 0 Å². The molecule has 0 aliphatic heterocycles. The van der Waals surface area contributed by atoms with Gasteiger partial charge in [-0.1, -0.05) is 22.0 Å². The lowest BCUT2D eigenvalue weighted by Gasteiger charge is -2.12. The Morgan fingerprint density at radius 1 is 1.53 bits per heavy atom. The third kappa shape index (κ3) is 6.32. The van der Waals surface area contributed by atoms with Crippen LogP contribution in [0.25, 0.3) is 0 Å². The van der Waals surface area contributed by atoms with Crippen LogP contribution in [0.15, 0.2) is 28.7 Å². The van der Waals surface area contributed by atoms with Gasteiger partial charge < -0.3 is 15.2 Å². The molecule has 0 aromatic heterocycles. The average Bonchev–Trinajstić information content (AvgIpc) is 2.32. The lowest BCUT2D eigenvalue weighted by Crippen LogP contribution is -2.31. The quantitative estimate of drug-likeness (QED) is 0.596. The molecule has 17 heavy (non-hydrogen) atoms. The summed E-state index contributed by atoms with van der Waals surface area (Å²) < 4.78 is 6.40. The van der Waals surface area contributed by atoms with E-state index in [1.807, 2.05) is 24.3 Å². The number of terminal acetylenes is 1. The molecular formula is C13H16BrNO2. The van der Waals surface area contributed by atoms with Gasteiger partial charge in [0, 0.05) is 24.0 Å². The van der Waals surface area contributed by atoms with Crippen LogP contribution in [0.1, 0.15) is 6.42 Å². The van der Waals surface area contributed by atoms with Crippen LogP contribution >= 0.6 is 15.9 Å². The normalized spacial score (nSPS) is 11.8. The van der Waals surface area contributed by atoms with Crippen molar-refractivity contribution in [3.63, 3.8) is 0 Å². The molecule has 0 saturated carbocycles. The molecule has 0 fully saturated rings. The largest absolute Gasteiger partial charge is 0.491 e. The Morgan fingerprint density at radius 3 is 3.06 bits per heavy atom. The van der Waals surface area contributed by atoms with E-state index in [9.17, 15) is 5.11 Å². The monoisotopic (exact) mass is 297 g/mol. The zero-order valence-electron chi connectivity index (χ0n) is 9.53. The van der Waals surface area contributed by atoms with Crippen molar-refractivity contribution >= 4 is 15.9 Å². The van der Waals surface area contributed by atoms with Crippen molar-refractivity contribution in [1.29, 1.82) is 0 Å². The van der Waals surface area contributed by atoms with Crippen LogP contribution in [0.2, 0.25) is 0 Å². The van der Waals surface area contributed by atoms with Gasteiger partial charge in [-0.3, -0.25) is 0 Å². The van der Waals surface area contributed by atoms with Gasteiger partial charge in [0.05, 0.1) is 0 Å². The Labute approximate surface area is 110 Å². The van der Waals surface area contributed by atoms with Crippen molar-refractivity contribution in [2.45, 2.75) is 12.5 Å². The van der Waals surface area contributed by atoms with Crippen LogP contribution in [-0.4, -0.2) is 30.9 Å². The van der Waals surface area contributed by atoms with Crippen LogP contribution in [-0.2, 0) is 0 Å². The Hall–Kier alpha value is -1.02. The predicted molar refractivity (Wildman–Crippen MR) is 72.0 cm³/mol. The number of aliphatic hydroxyl groups excluding tert-OH is 1. The highest BCUT2D eigenvalue weighted by molar-refractivity contribution is 9.10. The maximum absolute atomic E-state index is 9.63. The van der Waals surface area contributed by atoms with E-state index < -0.39 is 6.10 Å². The van der Waals surface area contributed by atoms with Gasteiger partial charge in [-0.05, 0) is 18.2 Å². The summed E-state index contributed by atoms with van der Waals surface area (Å²) in [5.41, 5.74) is 0. The summed E-state index contributed by atoms with van der Waals surface area (Å²) in [4.78, 5) is 0. The predicted octanol–water partition coefficient (Wildman–Crippen LogP) is 1.80. The maximum atomic E-state index is 9.63. The fourth-order valence-electron chi connectivity index (χ4n) is 1.24. The molecule has 1 atom stereocenters. The van der Waals surface area contributed by atoms with Gasteiger partial charge in [-0.25, -0.2) is 0 Å². The standard InChI is InChI=1S/C13H16BrNO2/c1-2-3-7-15-9-12(16)10-17-13-6-4-5-11(14)8-13/h1,4-6,8,12,15-16H,3,7,9-10H2. The van der Waals surface area contributed by atoms with Gasteiger partial charge in [0.15, 0.2) is 0 Å². The molecule has 1 unspecified atom stereocenters. The van der Waals surface area contributed by atoms with Crippen molar-refractivity contribution in [2.24, 2.45) is 0 Å². The van der Waals surface area contributed by atoms with E-state index >= 15 is 0 Å². The summed E-state index contributed by atoms with van der Waals surface area (Å²) in [5.74, 6) is 3.26. The van der Waals surface area contributed by atoms with Crippen LogP contribution in [0.4, 0.5) is 0 Å². The Bertz CT molecular complexity index is 376. The summed E-state index contributed by atoms with van der Waals surface area (Å²) in [6.45, 7) is 1.46. The number of aliphatic hydroxyl groups is 1. The van der Waals surface area contributed by atoms with Gasteiger partial charge in [0.25, 0.3) is 0 Å². The minimum absolute atomic E-state index is 0.263. The lowest BCUT2D eigenvalue weighted by molar-refractivity contribution is 0.107. The second-order valence-electron chi connectivity index (χ2n) is 3.58. The molecule has 0 spiro atoms. The topological polar surface area (TPSA) is 41.5 Å². The first kappa shape index (κ1) is 14.0. The first-order valence-corrected chi connectivity index (χ1v) is 6.22. The summed E-state index contributed by atoms with van der Waals surface area (Å²) >= 11 is 3.35. The molecule has 1 aromatic rings. The third-order valence-electron chi connectivity index (χ3n) is 2.06. The highest BCUT2D eigenvalue weighted by Crippen LogP contribution is 2.17. The molecule has 0 bridgehead atoms. The van der Waals surface area contributed by atoms with Gasteiger partial charge in [0.1, 0.15) is 18.5 Å². The zero-order chi connectivity index (χ0) is 12.5. The van der Waals surface area contributed by atoms with Crippen molar-refractivity contribution in [2.75, 3.05) is 19.7 Å². The molecule has 4 heteroatoms. The number of benzene rings is 1. The molecule has 0 saturated heterocycles. The number of hydrogen-bond acceptors (Lipinski definition) is 3. The van der Waals surface area contributed by atoms with E-state index in [0.29, 0.717) is 19.5 Å². The molecule has 92 valence electrons. The van der Waals surface area contributed by atoms with Crippen molar-refractivity contribution < 1.29 is 9.84 Å². The molecule has 0 radical (unpaired) electrons. The Kier molecular flexibility index (Phi) is 6.71. The van der Waals surface area contributed by atoms with Crippen LogP contribution < -0.4 is 10.1 Å². The average molecular weight is 298 g/mol. The number of nitrogens with one attached hydrogen (secondary N) is 1. The molecule has 0 aliphatic rings. The van der Waals surface area contributed by atoms with E-state index in [4.69, 9.17) is 11.2 Å². The maximum Gasteiger partial charge on any atom is 0.120 e. The fraction of sp³-hybridized carbons (Fsp3) is 0.385. The molecule has 1 aromatic carbocycles. The van der Waals surface area contributed by atoms with Gasteiger partial charge in [0.2, 0.25) is 0 Å². The summed E-state index contributed by atoms with van der Waals surface area (Å²) in [7, 11) is 0. The summed E-state index contributed by atoms with van der Waals surface area (Å²) in [5, 5.41) is 12.7. The number of rotatable bonds is 7. The van der Waals surface area contributed by atoms with E-state index in [1.54, 1.807) is 0 Å². The van der Waals surface area contributed by atoms with Crippen molar-refractivity contribution in [1.82, 2.24) is 5.32 Å². The lowest BCUT2D eigenvalue weighted by atomic mass is 10.3. The van der Waals surface area contributed by atoms with Crippen molar-refractivity contribution in [3.8, 4) is 18.1 Å². The fourth-order valence-corrected chi connectivity index (χ4v) is 1.62. The highest BCUT2D eigenvalue weighted by atomic mass is 79.9. The van der Waals surface area contributed by atoms with E-state index in [2.05, 4.69) is 27.2 Å². The molecule has 1 rings (SSSR count). The number of hydrogen-bond donors (Lipinski definition) is 2. The molecule has 3 nitrogen and oxygen atoms in total. The Morgan fingerprint density at radius 2 is 2.35 bits per heavy atom. The minimum Gasteiger partial charge on any atom is -0.491 e. The first-order valence-electron chi connectivity index (χ1n) is 5.43.